The zero-order valence-electron chi connectivity index (χ0n) is 18.7. The Hall–Kier alpha value is -3.98. The summed E-state index contributed by atoms with van der Waals surface area (Å²) in [7, 11) is 3.15. The maximum Gasteiger partial charge on any atom is 0.275 e. The number of rotatable bonds is 6. The average Bonchev–Trinajstić information content (AvgIpc) is 3.56. The van der Waals surface area contributed by atoms with Gasteiger partial charge in [-0.25, -0.2) is 9.69 Å². The summed E-state index contributed by atoms with van der Waals surface area (Å²) in [5.41, 5.74) is 1.37. The van der Waals surface area contributed by atoms with Crippen molar-refractivity contribution in [2.24, 2.45) is 5.10 Å². The Morgan fingerprint density at radius 2 is 1.91 bits per heavy atom. The highest BCUT2D eigenvalue weighted by Gasteiger charge is 2.34. The van der Waals surface area contributed by atoms with Crippen LogP contribution in [-0.2, 0) is 11.3 Å². The molecule has 0 fully saturated rings. The van der Waals surface area contributed by atoms with Gasteiger partial charge in [-0.15, -0.1) is 11.3 Å². The maximum atomic E-state index is 13.4. The molecule has 1 aliphatic rings. The second-order valence-corrected chi connectivity index (χ2v) is 8.74. The van der Waals surface area contributed by atoms with Crippen molar-refractivity contribution in [3.63, 3.8) is 0 Å². The van der Waals surface area contributed by atoms with Crippen LogP contribution in [0.15, 0.2) is 76.1 Å². The van der Waals surface area contributed by atoms with Crippen LogP contribution in [0.2, 0.25) is 0 Å². The summed E-state index contributed by atoms with van der Waals surface area (Å²) in [5, 5.41) is 13.6. The Kier molecular flexibility index (Phi) is 5.85. The molecule has 0 aliphatic carbocycles. The van der Waals surface area contributed by atoms with E-state index in [2.05, 4.69) is 10.2 Å². The smallest absolute Gasteiger partial charge is 0.275 e. The number of carbonyl (C=O) groups excluding carboxylic acids is 1. The molecule has 0 unspecified atom stereocenters. The van der Waals surface area contributed by atoms with Crippen LogP contribution >= 0.6 is 11.3 Å². The van der Waals surface area contributed by atoms with Crippen molar-refractivity contribution in [3.05, 3.63) is 87.0 Å². The second-order valence-electron chi connectivity index (χ2n) is 7.79. The zero-order valence-corrected chi connectivity index (χ0v) is 19.5. The average molecular weight is 475 g/mol. The van der Waals surface area contributed by atoms with E-state index in [0.717, 1.165) is 21.5 Å². The van der Waals surface area contributed by atoms with E-state index in [1.165, 1.54) is 9.69 Å². The first-order valence-electron chi connectivity index (χ1n) is 10.7. The van der Waals surface area contributed by atoms with E-state index < -0.39 is 0 Å². The van der Waals surface area contributed by atoms with Crippen molar-refractivity contribution in [2.75, 3.05) is 14.2 Å². The number of aromatic nitrogens is 2. The first kappa shape index (κ1) is 21.8. The van der Waals surface area contributed by atoms with E-state index >= 15 is 0 Å². The van der Waals surface area contributed by atoms with Crippen molar-refractivity contribution in [1.29, 1.82) is 0 Å². The van der Waals surface area contributed by atoms with Gasteiger partial charge >= 0.3 is 0 Å². The molecule has 1 amide bonds. The molecule has 2 aromatic heterocycles. The van der Waals surface area contributed by atoms with Gasteiger partial charge in [-0.1, -0.05) is 30.3 Å². The lowest BCUT2D eigenvalue weighted by Gasteiger charge is -2.23. The van der Waals surface area contributed by atoms with Gasteiger partial charge in [0.25, 0.3) is 11.5 Å². The number of hydrogen-bond acceptors (Lipinski definition) is 7. The Balaban J connectivity index is 1.50. The van der Waals surface area contributed by atoms with Crippen molar-refractivity contribution in [1.82, 2.24) is 14.8 Å². The molecule has 1 atom stereocenters. The van der Waals surface area contributed by atoms with Crippen LogP contribution in [-0.4, -0.2) is 40.6 Å². The Labute approximate surface area is 199 Å². The standard InChI is InChI=1S/C25H22N4O4S/c1-32-21-10-9-16(12-22(21)33-2)20-13-19(23-8-5-11-34-23)27-29(20)24(30)15-28-25(31)18-7-4-3-6-17(18)14-26-28/h3-12,14,20H,13,15H2,1-2H3/t20-/m0/s1. The number of carbonyl (C=O) groups is 1. The topological polar surface area (TPSA) is 86.0 Å². The number of methoxy groups -OCH3 is 2. The fourth-order valence-corrected chi connectivity index (χ4v) is 4.81. The van der Waals surface area contributed by atoms with Crippen LogP contribution in [0.3, 0.4) is 0 Å². The molecule has 9 heteroatoms. The highest BCUT2D eigenvalue weighted by Crippen LogP contribution is 2.38. The minimum atomic E-state index is -0.347. The largest absolute Gasteiger partial charge is 0.493 e. The second kappa shape index (κ2) is 9.11. The van der Waals surface area contributed by atoms with Gasteiger partial charge in [0, 0.05) is 11.8 Å². The summed E-state index contributed by atoms with van der Waals surface area (Å²) in [4.78, 5) is 27.3. The number of benzene rings is 2. The van der Waals surface area contributed by atoms with Gasteiger partial charge in [0.2, 0.25) is 0 Å². The molecule has 172 valence electrons. The van der Waals surface area contributed by atoms with E-state index in [1.54, 1.807) is 43.9 Å². The summed E-state index contributed by atoms with van der Waals surface area (Å²) in [6.45, 7) is -0.214. The van der Waals surface area contributed by atoms with Gasteiger partial charge in [-0.2, -0.15) is 10.2 Å². The molecule has 0 radical (unpaired) electrons. The highest BCUT2D eigenvalue weighted by atomic mass is 32.1. The summed E-state index contributed by atoms with van der Waals surface area (Å²) in [5.74, 6) is 0.856. The number of hydrazone groups is 1. The molecular formula is C25H22N4O4S. The van der Waals surface area contributed by atoms with E-state index in [1.807, 2.05) is 47.8 Å². The summed E-state index contributed by atoms with van der Waals surface area (Å²) < 4.78 is 12.0. The van der Waals surface area contributed by atoms with Gasteiger partial charge in [0.1, 0.15) is 6.54 Å². The normalized spacial score (nSPS) is 15.4. The molecule has 0 N–H and O–H groups in total. The van der Waals surface area contributed by atoms with E-state index in [4.69, 9.17) is 9.47 Å². The fourth-order valence-electron chi connectivity index (χ4n) is 4.09. The lowest BCUT2D eigenvalue weighted by Crippen LogP contribution is -2.35. The molecule has 3 heterocycles. The van der Waals surface area contributed by atoms with E-state index in [-0.39, 0.29) is 24.1 Å². The van der Waals surface area contributed by atoms with E-state index in [0.29, 0.717) is 23.3 Å². The number of fused-ring (bicyclic) bond motifs is 1. The predicted octanol–water partition coefficient (Wildman–Crippen LogP) is 3.85. The fraction of sp³-hybridized carbons (Fsp3) is 0.200. The molecule has 5 rings (SSSR count). The molecule has 0 saturated heterocycles. The Morgan fingerprint density at radius 3 is 2.68 bits per heavy atom. The van der Waals surface area contributed by atoms with Gasteiger partial charge in [-0.3, -0.25) is 9.59 Å². The minimum absolute atomic E-state index is 0.214. The van der Waals surface area contributed by atoms with Crippen LogP contribution in [0.1, 0.15) is 22.9 Å². The van der Waals surface area contributed by atoms with Crippen LogP contribution in [0, 0.1) is 0 Å². The summed E-state index contributed by atoms with van der Waals surface area (Å²) >= 11 is 1.57. The molecule has 1 aliphatic heterocycles. The first-order chi connectivity index (χ1) is 16.6. The lowest BCUT2D eigenvalue weighted by molar-refractivity contribution is -0.133. The molecule has 0 saturated carbocycles. The molecule has 2 aromatic carbocycles. The molecule has 4 aromatic rings. The van der Waals surface area contributed by atoms with Crippen LogP contribution < -0.4 is 15.0 Å². The number of thiophene rings is 1. The van der Waals surface area contributed by atoms with Crippen LogP contribution in [0.4, 0.5) is 0 Å². The third-order valence-electron chi connectivity index (χ3n) is 5.81. The first-order valence-corrected chi connectivity index (χ1v) is 11.6. The minimum Gasteiger partial charge on any atom is -0.493 e. The van der Waals surface area contributed by atoms with Crippen molar-refractivity contribution >= 4 is 33.7 Å². The SMILES string of the molecule is COc1ccc([C@@H]2CC(c3cccs3)=NN2C(=O)Cn2ncc3ccccc3c2=O)cc1OC. The molecular weight excluding hydrogens is 452 g/mol. The van der Waals surface area contributed by atoms with Gasteiger partial charge in [0.05, 0.1) is 42.4 Å². The lowest BCUT2D eigenvalue weighted by atomic mass is 10.0. The Bertz CT molecular complexity index is 1450. The molecule has 8 nitrogen and oxygen atoms in total. The zero-order chi connectivity index (χ0) is 23.7. The van der Waals surface area contributed by atoms with E-state index in [9.17, 15) is 9.59 Å². The quantitative estimate of drug-likeness (QED) is 0.424. The van der Waals surface area contributed by atoms with Crippen molar-refractivity contribution < 1.29 is 14.3 Å². The molecule has 34 heavy (non-hydrogen) atoms. The van der Waals surface area contributed by atoms with Gasteiger partial charge in [-0.05, 0) is 35.2 Å². The number of ether oxygens (including phenoxy) is 2. The van der Waals surface area contributed by atoms with Gasteiger partial charge in [0.15, 0.2) is 11.5 Å². The van der Waals surface area contributed by atoms with Gasteiger partial charge < -0.3 is 9.47 Å². The van der Waals surface area contributed by atoms with Crippen LogP contribution in [0.5, 0.6) is 11.5 Å². The molecule has 0 bridgehead atoms. The monoisotopic (exact) mass is 474 g/mol. The Morgan fingerprint density at radius 1 is 1.09 bits per heavy atom. The summed E-state index contributed by atoms with van der Waals surface area (Å²) in [6, 6.07) is 16.4. The number of hydrogen-bond donors (Lipinski definition) is 0. The predicted molar refractivity (Wildman–Crippen MR) is 131 cm³/mol. The highest BCUT2D eigenvalue weighted by molar-refractivity contribution is 7.12. The number of nitrogens with zero attached hydrogens (tertiary/aromatic N) is 4. The third kappa shape index (κ3) is 3.94. The summed E-state index contributed by atoms with van der Waals surface area (Å²) in [6.07, 6.45) is 2.14. The maximum absolute atomic E-state index is 13.4. The third-order valence-corrected chi connectivity index (χ3v) is 6.73. The molecule has 0 spiro atoms. The van der Waals surface area contributed by atoms with Crippen molar-refractivity contribution in [2.45, 2.75) is 19.0 Å². The van der Waals surface area contributed by atoms with Crippen molar-refractivity contribution in [3.8, 4) is 11.5 Å². The van der Waals surface area contributed by atoms with Crippen LogP contribution in [0.25, 0.3) is 10.8 Å². The number of amides is 1.